The van der Waals surface area contributed by atoms with Crippen molar-refractivity contribution in [3.63, 3.8) is 0 Å². The lowest BCUT2D eigenvalue weighted by Gasteiger charge is -2.30. The maximum absolute atomic E-state index is 12.4. The molecule has 2 rings (SSSR count). The van der Waals surface area contributed by atoms with Crippen molar-refractivity contribution in [1.29, 1.82) is 0 Å². The molecule has 19 heavy (non-hydrogen) atoms. The molecule has 2 atom stereocenters. The smallest absolute Gasteiger partial charge is 0.241 e. The lowest BCUT2D eigenvalue weighted by Crippen LogP contribution is -2.37. The molecule has 0 bridgehead atoms. The summed E-state index contributed by atoms with van der Waals surface area (Å²) in [6.45, 7) is 8.38. The third-order valence-electron chi connectivity index (χ3n) is 5.32. The van der Waals surface area contributed by atoms with E-state index in [1.165, 1.54) is 32.1 Å². The molecule has 1 heterocycles. The summed E-state index contributed by atoms with van der Waals surface area (Å²) in [5.41, 5.74) is 0. The van der Waals surface area contributed by atoms with Crippen LogP contribution in [0.25, 0.3) is 0 Å². The molecule has 1 amide bonds. The minimum atomic E-state index is 0.0666. The second-order valence-corrected chi connectivity index (χ2v) is 6.58. The highest BCUT2D eigenvalue weighted by molar-refractivity contribution is 5.84. The lowest BCUT2D eigenvalue weighted by molar-refractivity contribution is -0.130. The number of amides is 1. The highest BCUT2D eigenvalue weighted by Crippen LogP contribution is 2.31. The van der Waals surface area contributed by atoms with Gasteiger partial charge in [0, 0.05) is 6.54 Å². The van der Waals surface area contributed by atoms with Gasteiger partial charge in [-0.15, -0.1) is 0 Å². The molecule has 1 saturated heterocycles. The van der Waals surface area contributed by atoms with Crippen LogP contribution in [0.2, 0.25) is 0 Å². The van der Waals surface area contributed by atoms with Gasteiger partial charge in [0.05, 0.1) is 12.7 Å². The Hall–Kier alpha value is -0.570. The molecule has 3 heteroatoms. The molecule has 2 fully saturated rings. The van der Waals surface area contributed by atoms with Gasteiger partial charge in [0.15, 0.2) is 0 Å². The van der Waals surface area contributed by atoms with E-state index in [-0.39, 0.29) is 6.04 Å². The zero-order valence-corrected chi connectivity index (χ0v) is 12.8. The van der Waals surface area contributed by atoms with Crippen LogP contribution in [-0.4, -0.2) is 30.1 Å². The molecular formula is C16H30N2O. The minimum absolute atomic E-state index is 0.0666. The van der Waals surface area contributed by atoms with Gasteiger partial charge < -0.3 is 4.90 Å². The number of rotatable bonds is 5. The Morgan fingerprint density at radius 3 is 2.42 bits per heavy atom. The van der Waals surface area contributed by atoms with Crippen molar-refractivity contribution in [2.45, 2.75) is 65.3 Å². The fourth-order valence-electron chi connectivity index (χ4n) is 3.54. The molecule has 1 aliphatic heterocycles. The van der Waals surface area contributed by atoms with E-state index >= 15 is 0 Å². The number of hydrogen-bond acceptors (Lipinski definition) is 2. The molecule has 2 unspecified atom stereocenters. The maximum Gasteiger partial charge on any atom is 0.241 e. The molecule has 0 aromatic rings. The number of nitrogens with one attached hydrogen (secondary N) is 1. The molecule has 0 radical (unpaired) electrons. The zero-order valence-electron chi connectivity index (χ0n) is 12.8. The molecule has 3 nitrogen and oxygen atoms in total. The summed E-state index contributed by atoms with van der Waals surface area (Å²) in [6, 6.07) is 0.0666. The van der Waals surface area contributed by atoms with Crippen molar-refractivity contribution in [1.82, 2.24) is 10.2 Å². The van der Waals surface area contributed by atoms with Crippen LogP contribution < -0.4 is 5.32 Å². The van der Waals surface area contributed by atoms with E-state index in [0.29, 0.717) is 11.8 Å². The Labute approximate surface area is 118 Å². The van der Waals surface area contributed by atoms with Gasteiger partial charge in [-0.3, -0.25) is 10.1 Å². The number of nitrogens with zero attached hydrogens (tertiary/aromatic N) is 1. The van der Waals surface area contributed by atoms with Gasteiger partial charge in [0.25, 0.3) is 0 Å². The van der Waals surface area contributed by atoms with E-state index < -0.39 is 0 Å². The van der Waals surface area contributed by atoms with Crippen molar-refractivity contribution >= 4 is 5.91 Å². The summed E-state index contributed by atoms with van der Waals surface area (Å²) in [5, 5.41) is 3.39. The monoisotopic (exact) mass is 266 g/mol. The topological polar surface area (TPSA) is 32.3 Å². The minimum Gasteiger partial charge on any atom is -0.328 e. The molecule has 1 N–H and O–H groups in total. The average molecular weight is 266 g/mol. The van der Waals surface area contributed by atoms with E-state index in [4.69, 9.17) is 0 Å². The van der Waals surface area contributed by atoms with Gasteiger partial charge in [-0.2, -0.15) is 0 Å². The van der Waals surface area contributed by atoms with E-state index in [1.54, 1.807) is 0 Å². The summed E-state index contributed by atoms with van der Waals surface area (Å²) in [7, 11) is 0. The Kier molecular flexibility index (Phi) is 5.26. The van der Waals surface area contributed by atoms with Crippen molar-refractivity contribution in [3.8, 4) is 0 Å². The number of carbonyl (C=O) groups is 1. The maximum atomic E-state index is 12.4. The highest BCUT2D eigenvalue weighted by Gasteiger charge is 2.35. The average Bonchev–Trinajstić information content (AvgIpc) is 2.80. The zero-order chi connectivity index (χ0) is 13.8. The third-order valence-corrected chi connectivity index (χ3v) is 5.32. The second-order valence-electron chi connectivity index (χ2n) is 6.58. The van der Waals surface area contributed by atoms with Crippen LogP contribution in [0.15, 0.2) is 0 Å². The summed E-state index contributed by atoms with van der Waals surface area (Å²) >= 11 is 0. The summed E-state index contributed by atoms with van der Waals surface area (Å²) in [4.78, 5) is 14.4. The van der Waals surface area contributed by atoms with Crippen molar-refractivity contribution in [2.75, 3.05) is 13.2 Å². The standard InChI is InChI=1S/C16H30N2O/c1-4-12(3)15-16(19)18(11-17-15)10-14-8-6-13(5-2)7-9-14/h12-15,17H,4-11H2,1-3H3. The van der Waals surface area contributed by atoms with Crippen LogP contribution in [0, 0.1) is 17.8 Å². The predicted octanol–water partition coefficient (Wildman–Crippen LogP) is 3.01. The van der Waals surface area contributed by atoms with Gasteiger partial charge in [-0.05, 0) is 30.6 Å². The molecule has 0 spiro atoms. The fraction of sp³-hybridized carbons (Fsp3) is 0.938. The molecule has 110 valence electrons. The second kappa shape index (κ2) is 6.74. The van der Waals surface area contributed by atoms with Crippen LogP contribution in [0.3, 0.4) is 0 Å². The molecule has 1 saturated carbocycles. The van der Waals surface area contributed by atoms with Gasteiger partial charge in [-0.25, -0.2) is 0 Å². The Morgan fingerprint density at radius 2 is 1.84 bits per heavy atom. The van der Waals surface area contributed by atoms with Crippen molar-refractivity contribution in [3.05, 3.63) is 0 Å². The Bertz CT molecular complexity index is 297. The largest absolute Gasteiger partial charge is 0.328 e. The summed E-state index contributed by atoms with van der Waals surface area (Å²) in [5.74, 6) is 2.47. The van der Waals surface area contributed by atoms with Crippen LogP contribution in [0.5, 0.6) is 0 Å². The highest BCUT2D eigenvalue weighted by atomic mass is 16.2. The number of hydrogen-bond donors (Lipinski definition) is 1. The van der Waals surface area contributed by atoms with E-state index in [0.717, 1.165) is 31.5 Å². The number of carbonyl (C=O) groups excluding carboxylic acids is 1. The van der Waals surface area contributed by atoms with E-state index in [1.807, 2.05) is 0 Å². The first-order valence-electron chi connectivity index (χ1n) is 8.17. The first-order chi connectivity index (χ1) is 9.15. The van der Waals surface area contributed by atoms with Crippen LogP contribution >= 0.6 is 0 Å². The predicted molar refractivity (Wildman–Crippen MR) is 78.7 cm³/mol. The first kappa shape index (κ1) is 14.8. The van der Waals surface area contributed by atoms with Crippen molar-refractivity contribution < 1.29 is 4.79 Å². The quantitative estimate of drug-likeness (QED) is 0.829. The van der Waals surface area contributed by atoms with Gasteiger partial charge >= 0.3 is 0 Å². The Balaban J connectivity index is 1.80. The third kappa shape index (κ3) is 3.50. The van der Waals surface area contributed by atoms with Crippen LogP contribution in [-0.2, 0) is 4.79 Å². The molecule has 2 aliphatic rings. The molecule has 0 aromatic heterocycles. The van der Waals surface area contributed by atoms with E-state index in [2.05, 4.69) is 31.0 Å². The first-order valence-corrected chi connectivity index (χ1v) is 8.17. The van der Waals surface area contributed by atoms with Crippen LogP contribution in [0.1, 0.15) is 59.3 Å². The fourth-order valence-corrected chi connectivity index (χ4v) is 3.54. The normalized spacial score (nSPS) is 33.7. The SMILES string of the molecule is CCC1CCC(CN2CNC(C(C)CC)C2=O)CC1. The van der Waals surface area contributed by atoms with Crippen molar-refractivity contribution in [2.24, 2.45) is 17.8 Å². The van der Waals surface area contributed by atoms with Gasteiger partial charge in [0.2, 0.25) is 5.91 Å². The molecule has 0 aromatic carbocycles. The summed E-state index contributed by atoms with van der Waals surface area (Å²) in [6.07, 6.45) is 7.76. The van der Waals surface area contributed by atoms with Gasteiger partial charge in [-0.1, -0.05) is 46.5 Å². The summed E-state index contributed by atoms with van der Waals surface area (Å²) < 4.78 is 0. The van der Waals surface area contributed by atoms with Crippen LogP contribution in [0.4, 0.5) is 0 Å². The Morgan fingerprint density at radius 1 is 1.21 bits per heavy atom. The lowest BCUT2D eigenvalue weighted by atomic mass is 9.80. The molecular weight excluding hydrogens is 236 g/mol. The molecule has 1 aliphatic carbocycles. The van der Waals surface area contributed by atoms with E-state index in [9.17, 15) is 4.79 Å². The van der Waals surface area contributed by atoms with Gasteiger partial charge in [0.1, 0.15) is 0 Å².